The van der Waals surface area contributed by atoms with Crippen molar-refractivity contribution in [2.24, 2.45) is 0 Å². The molecule has 0 amide bonds. The molecule has 0 aliphatic carbocycles. The fourth-order valence-corrected chi connectivity index (χ4v) is 3.61. The van der Waals surface area contributed by atoms with Gasteiger partial charge in [0.05, 0.1) is 15.9 Å². The largest absolute Gasteiger partial charge is 0.287 e. The molecule has 98 valence electrons. The summed E-state index contributed by atoms with van der Waals surface area (Å²) >= 11 is 1.67. The van der Waals surface area contributed by atoms with Crippen molar-refractivity contribution in [1.29, 1.82) is 0 Å². The van der Waals surface area contributed by atoms with E-state index < -0.39 is 0 Å². The molecule has 4 heteroatoms. The third-order valence-corrected chi connectivity index (χ3v) is 4.52. The highest BCUT2D eigenvalue weighted by atomic mass is 32.1. The first-order valence-electron chi connectivity index (χ1n) is 6.36. The maximum absolute atomic E-state index is 13.0. The number of aromatic nitrogens is 2. The van der Waals surface area contributed by atoms with Crippen molar-refractivity contribution in [3.05, 3.63) is 60.0 Å². The first-order valence-corrected chi connectivity index (χ1v) is 7.18. The average molecular weight is 282 g/mol. The maximum Gasteiger partial charge on any atom is 0.195 e. The van der Waals surface area contributed by atoms with Gasteiger partial charge in [0.2, 0.25) is 0 Å². The maximum atomic E-state index is 13.0. The Labute approximate surface area is 119 Å². The summed E-state index contributed by atoms with van der Waals surface area (Å²) in [6.07, 6.45) is 0. The first kappa shape index (κ1) is 11.6. The lowest BCUT2D eigenvalue weighted by atomic mass is 10.1. The van der Waals surface area contributed by atoms with Crippen LogP contribution < -0.4 is 0 Å². The highest BCUT2D eigenvalue weighted by molar-refractivity contribution is 7.23. The Morgan fingerprint density at radius 3 is 2.60 bits per heavy atom. The Bertz CT molecular complexity index is 919. The fraction of sp³-hybridized carbons (Fsp3) is 0.0625. The fourth-order valence-electron chi connectivity index (χ4n) is 2.54. The van der Waals surface area contributed by atoms with Crippen molar-refractivity contribution in [3.8, 4) is 11.3 Å². The molecular weight excluding hydrogens is 271 g/mol. The standard InChI is InChI=1S/C16H11FN2S/c1-10-15(11-6-8-12(17)9-7-11)18-16-19(10)13-4-2-3-5-14(13)20-16/h2-9H,1H3. The van der Waals surface area contributed by atoms with Crippen molar-refractivity contribution in [3.63, 3.8) is 0 Å². The van der Waals surface area contributed by atoms with Crippen molar-refractivity contribution < 1.29 is 4.39 Å². The quantitative estimate of drug-likeness (QED) is 0.496. The van der Waals surface area contributed by atoms with Crippen molar-refractivity contribution in [2.45, 2.75) is 6.92 Å². The number of imidazole rings is 1. The van der Waals surface area contributed by atoms with E-state index in [0.29, 0.717) is 0 Å². The van der Waals surface area contributed by atoms with Crippen LogP contribution in [0.3, 0.4) is 0 Å². The summed E-state index contributed by atoms with van der Waals surface area (Å²) in [7, 11) is 0. The molecule has 0 aliphatic heterocycles. The van der Waals surface area contributed by atoms with Crippen LogP contribution in [-0.2, 0) is 0 Å². The molecule has 2 nitrogen and oxygen atoms in total. The molecule has 2 heterocycles. The summed E-state index contributed by atoms with van der Waals surface area (Å²) < 4.78 is 16.4. The number of benzene rings is 2. The van der Waals surface area contributed by atoms with Gasteiger partial charge >= 0.3 is 0 Å². The molecule has 4 rings (SSSR count). The van der Waals surface area contributed by atoms with Gasteiger partial charge in [-0.25, -0.2) is 9.37 Å². The molecule has 0 radical (unpaired) electrons. The van der Waals surface area contributed by atoms with E-state index in [0.717, 1.165) is 21.9 Å². The van der Waals surface area contributed by atoms with E-state index in [4.69, 9.17) is 4.98 Å². The van der Waals surface area contributed by atoms with E-state index in [2.05, 4.69) is 23.5 Å². The molecule has 4 aromatic rings. The van der Waals surface area contributed by atoms with Crippen LogP contribution in [0.1, 0.15) is 5.69 Å². The van der Waals surface area contributed by atoms with Gasteiger partial charge in [-0.2, -0.15) is 0 Å². The lowest BCUT2D eigenvalue weighted by Crippen LogP contribution is -1.86. The monoisotopic (exact) mass is 282 g/mol. The number of hydrogen-bond donors (Lipinski definition) is 0. The van der Waals surface area contributed by atoms with Crippen molar-refractivity contribution in [1.82, 2.24) is 9.38 Å². The number of rotatable bonds is 1. The van der Waals surface area contributed by atoms with Crippen LogP contribution in [0, 0.1) is 12.7 Å². The SMILES string of the molecule is Cc1c(-c2ccc(F)cc2)nc2sc3ccccc3n12. The molecule has 2 aromatic heterocycles. The van der Waals surface area contributed by atoms with E-state index in [1.807, 2.05) is 12.1 Å². The van der Waals surface area contributed by atoms with Gasteiger partial charge in [-0.05, 0) is 43.3 Å². The zero-order valence-electron chi connectivity index (χ0n) is 10.8. The van der Waals surface area contributed by atoms with E-state index in [-0.39, 0.29) is 5.82 Å². The molecule has 0 saturated heterocycles. The Morgan fingerprint density at radius 2 is 1.80 bits per heavy atom. The Balaban J connectivity index is 2.02. The molecule has 0 aliphatic rings. The molecule has 0 unspecified atom stereocenters. The zero-order chi connectivity index (χ0) is 13.7. The van der Waals surface area contributed by atoms with E-state index in [1.54, 1.807) is 23.5 Å². The van der Waals surface area contributed by atoms with Crippen LogP contribution in [0.2, 0.25) is 0 Å². The summed E-state index contributed by atoms with van der Waals surface area (Å²) in [5, 5.41) is 0. The van der Waals surface area contributed by atoms with Crippen LogP contribution in [-0.4, -0.2) is 9.38 Å². The molecule has 2 aromatic carbocycles. The average Bonchev–Trinajstić information content (AvgIpc) is 2.97. The second kappa shape index (κ2) is 4.15. The first-order chi connectivity index (χ1) is 9.74. The van der Waals surface area contributed by atoms with Crippen LogP contribution in [0.25, 0.3) is 26.4 Å². The highest BCUT2D eigenvalue weighted by Gasteiger charge is 2.14. The van der Waals surface area contributed by atoms with Gasteiger partial charge in [0.1, 0.15) is 5.82 Å². The summed E-state index contributed by atoms with van der Waals surface area (Å²) in [5.41, 5.74) is 4.13. The lowest BCUT2D eigenvalue weighted by molar-refractivity contribution is 0.628. The van der Waals surface area contributed by atoms with Gasteiger partial charge in [0.25, 0.3) is 0 Å². The summed E-state index contributed by atoms with van der Waals surface area (Å²) in [5.74, 6) is -0.224. The van der Waals surface area contributed by atoms with Crippen LogP contribution in [0.15, 0.2) is 48.5 Å². The number of para-hydroxylation sites is 1. The van der Waals surface area contributed by atoms with E-state index in [9.17, 15) is 4.39 Å². The van der Waals surface area contributed by atoms with Gasteiger partial charge in [-0.15, -0.1) is 0 Å². The smallest absolute Gasteiger partial charge is 0.195 e. The Kier molecular flexibility index (Phi) is 2.41. The van der Waals surface area contributed by atoms with Gasteiger partial charge in [0, 0.05) is 11.3 Å². The van der Waals surface area contributed by atoms with Gasteiger partial charge in [0.15, 0.2) is 4.96 Å². The number of hydrogen-bond acceptors (Lipinski definition) is 2. The number of halogens is 1. The molecular formula is C16H11FN2S. The van der Waals surface area contributed by atoms with Gasteiger partial charge < -0.3 is 0 Å². The van der Waals surface area contributed by atoms with E-state index in [1.165, 1.54) is 22.3 Å². The van der Waals surface area contributed by atoms with Crippen molar-refractivity contribution in [2.75, 3.05) is 0 Å². The Morgan fingerprint density at radius 1 is 1.05 bits per heavy atom. The van der Waals surface area contributed by atoms with Crippen LogP contribution in [0.4, 0.5) is 4.39 Å². The second-order valence-corrected chi connectivity index (χ2v) is 5.75. The zero-order valence-corrected chi connectivity index (χ0v) is 11.6. The predicted molar refractivity (Wildman–Crippen MR) is 80.7 cm³/mol. The summed E-state index contributed by atoms with van der Waals surface area (Å²) in [6, 6.07) is 14.8. The minimum atomic E-state index is -0.224. The minimum absolute atomic E-state index is 0.224. The van der Waals surface area contributed by atoms with Crippen molar-refractivity contribution >= 4 is 26.5 Å². The number of fused-ring (bicyclic) bond motifs is 3. The van der Waals surface area contributed by atoms with Gasteiger partial charge in [-0.1, -0.05) is 23.5 Å². The topological polar surface area (TPSA) is 17.3 Å². The number of thiazole rings is 1. The number of nitrogens with zero attached hydrogens (tertiary/aromatic N) is 2. The number of aryl methyl sites for hydroxylation is 1. The molecule has 0 fully saturated rings. The molecule has 0 atom stereocenters. The summed E-state index contributed by atoms with van der Waals surface area (Å²) in [6.45, 7) is 2.05. The molecule has 20 heavy (non-hydrogen) atoms. The lowest BCUT2D eigenvalue weighted by Gasteiger charge is -2.00. The van der Waals surface area contributed by atoms with E-state index >= 15 is 0 Å². The van der Waals surface area contributed by atoms with Crippen LogP contribution in [0.5, 0.6) is 0 Å². The third-order valence-electron chi connectivity index (χ3n) is 3.50. The van der Waals surface area contributed by atoms with Gasteiger partial charge in [-0.3, -0.25) is 4.40 Å². The highest BCUT2D eigenvalue weighted by Crippen LogP contribution is 2.32. The molecule has 0 spiro atoms. The second-order valence-electron chi connectivity index (χ2n) is 4.74. The third kappa shape index (κ3) is 1.58. The molecule has 0 N–H and O–H groups in total. The van der Waals surface area contributed by atoms with Crippen LogP contribution >= 0.6 is 11.3 Å². The Hall–Kier alpha value is -2.20. The predicted octanol–water partition coefficient (Wildman–Crippen LogP) is 4.66. The normalized spacial score (nSPS) is 11.5. The molecule has 0 bridgehead atoms. The molecule has 0 saturated carbocycles. The minimum Gasteiger partial charge on any atom is -0.287 e. The summed E-state index contributed by atoms with van der Waals surface area (Å²) in [4.78, 5) is 5.68.